The van der Waals surface area contributed by atoms with Gasteiger partial charge >= 0.3 is 0 Å². The van der Waals surface area contributed by atoms with E-state index >= 15 is 0 Å². The average Bonchev–Trinajstić information content (AvgIpc) is 1.88. The van der Waals surface area contributed by atoms with Crippen LogP contribution in [0.1, 0.15) is 13.3 Å². The molecule has 7 heteroatoms. The molecule has 0 atom stereocenters. The Kier molecular flexibility index (Phi) is 4.01. The van der Waals surface area contributed by atoms with Crippen molar-refractivity contribution in [1.82, 2.24) is 0 Å². The zero-order valence-corrected chi connectivity index (χ0v) is 7.24. The minimum absolute atomic E-state index is 0.0457. The van der Waals surface area contributed by atoms with Crippen molar-refractivity contribution in [1.29, 1.82) is 0 Å². The van der Waals surface area contributed by atoms with E-state index in [-0.39, 0.29) is 6.42 Å². The van der Waals surface area contributed by atoms with Crippen LogP contribution in [0.4, 0.5) is 0 Å². The second kappa shape index (κ2) is 4.27. The first-order valence-corrected chi connectivity index (χ1v) is 4.76. The Morgan fingerprint density at radius 3 is 1.73 bits per heavy atom. The monoisotopic (exact) mass is 198 g/mol. The van der Waals surface area contributed by atoms with Gasteiger partial charge in [0.1, 0.15) is 4.86 Å². The predicted octanol–water partition coefficient (Wildman–Crippen LogP) is -0.985. The molecule has 0 radical (unpaired) electrons. The molecule has 0 aliphatic carbocycles. The Balaban J connectivity index is 5.57. The van der Waals surface area contributed by atoms with Crippen LogP contribution in [0.25, 0.3) is 0 Å². The predicted molar refractivity (Wildman–Crippen MR) is 40.8 cm³/mol. The van der Waals surface area contributed by atoms with Gasteiger partial charge in [-0.2, -0.15) is 16.8 Å². The van der Waals surface area contributed by atoms with Crippen molar-refractivity contribution in [3.63, 3.8) is 0 Å². The first-order valence-electron chi connectivity index (χ1n) is 2.61. The average molecular weight is 198 g/mol. The Hall–Kier alpha value is -0.660. The van der Waals surface area contributed by atoms with E-state index in [9.17, 15) is 16.8 Å². The van der Waals surface area contributed by atoms with Crippen LogP contribution in [0.3, 0.4) is 0 Å². The standard InChI is InChI=1S/C4H6O5S2/c1-2-3(10(6)7)4(5)11(8)9/h5H,2H2,1H3. The SMILES string of the molecule is CCC(C(O)=S(=O)=O)=S(=O)=O. The lowest BCUT2D eigenvalue weighted by Gasteiger charge is -1.88. The fourth-order valence-electron chi connectivity index (χ4n) is 0.433. The molecule has 1 N–H and O–H groups in total. The number of hydrogen-bond acceptors (Lipinski definition) is 4. The Labute approximate surface area is 66.4 Å². The molecule has 0 saturated heterocycles. The summed E-state index contributed by atoms with van der Waals surface area (Å²) in [4.78, 5) is -0.502. The molecule has 0 aromatic carbocycles. The van der Waals surface area contributed by atoms with E-state index in [1.165, 1.54) is 6.92 Å². The van der Waals surface area contributed by atoms with Crippen molar-refractivity contribution < 1.29 is 21.9 Å². The zero-order chi connectivity index (χ0) is 9.02. The van der Waals surface area contributed by atoms with Gasteiger partial charge in [-0.15, -0.1) is 0 Å². The molecular weight excluding hydrogens is 192 g/mol. The molecule has 0 spiro atoms. The quantitative estimate of drug-likeness (QED) is 0.576. The third kappa shape index (κ3) is 2.83. The van der Waals surface area contributed by atoms with Crippen molar-refractivity contribution in [3.05, 3.63) is 0 Å². The molecule has 5 nitrogen and oxygen atoms in total. The van der Waals surface area contributed by atoms with Gasteiger partial charge in [0.05, 0.1) is 0 Å². The normalized spacial score (nSPS) is 8.91. The maximum atomic E-state index is 10.2. The van der Waals surface area contributed by atoms with E-state index in [2.05, 4.69) is 0 Å². The zero-order valence-electron chi connectivity index (χ0n) is 5.60. The van der Waals surface area contributed by atoms with Gasteiger partial charge in [-0.1, -0.05) is 6.92 Å². The molecular formula is C4H6O5S2. The summed E-state index contributed by atoms with van der Waals surface area (Å²) in [6.45, 7) is 1.42. The number of rotatable bonds is 2. The summed E-state index contributed by atoms with van der Waals surface area (Å²) in [5.74, 6) is 0. The molecule has 0 aromatic heterocycles. The fourth-order valence-corrected chi connectivity index (χ4v) is 1.55. The highest BCUT2D eigenvalue weighted by Crippen LogP contribution is 1.82. The van der Waals surface area contributed by atoms with Gasteiger partial charge in [0, 0.05) is 0 Å². The molecule has 0 aliphatic heterocycles. The number of hydrogen-bond donors (Lipinski definition) is 1. The molecule has 0 aliphatic rings. The van der Waals surface area contributed by atoms with Crippen molar-refractivity contribution in [2.75, 3.05) is 0 Å². The lowest BCUT2D eigenvalue weighted by Crippen LogP contribution is -2.14. The smallest absolute Gasteiger partial charge is 0.246 e. The van der Waals surface area contributed by atoms with Crippen LogP contribution in [0.2, 0.25) is 0 Å². The molecule has 0 rings (SSSR count). The van der Waals surface area contributed by atoms with E-state index in [1.54, 1.807) is 0 Å². The van der Waals surface area contributed by atoms with Crippen LogP contribution < -0.4 is 0 Å². The van der Waals surface area contributed by atoms with E-state index in [0.717, 1.165) is 0 Å². The van der Waals surface area contributed by atoms with Gasteiger partial charge in [0.15, 0.2) is 0 Å². The third-order valence-electron chi connectivity index (χ3n) is 0.919. The maximum Gasteiger partial charge on any atom is 0.246 e. The van der Waals surface area contributed by atoms with Crippen molar-refractivity contribution in [2.45, 2.75) is 13.3 Å². The van der Waals surface area contributed by atoms with Gasteiger partial charge in [0.2, 0.25) is 25.6 Å². The molecule has 0 heterocycles. The van der Waals surface area contributed by atoms with Crippen LogP contribution >= 0.6 is 0 Å². The van der Waals surface area contributed by atoms with Crippen LogP contribution in [0.5, 0.6) is 0 Å². The highest BCUT2D eigenvalue weighted by atomic mass is 32.2. The van der Waals surface area contributed by atoms with Crippen molar-refractivity contribution in [2.24, 2.45) is 0 Å². The Morgan fingerprint density at radius 2 is 1.64 bits per heavy atom. The van der Waals surface area contributed by atoms with Gasteiger partial charge < -0.3 is 5.11 Å². The van der Waals surface area contributed by atoms with Crippen molar-refractivity contribution >= 4 is 30.5 Å². The topological polar surface area (TPSA) is 88.5 Å². The first-order chi connectivity index (χ1) is 5.00. The largest absolute Gasteiger partial charge is 0.347 e. The minimum Gasteiger partial charge on any atom is -0.347 e. The van der Waals surface area contributed by atoms with Gasteiger partial charge in [-0.3, -0.25) is 0 Å². The summed E-state index contributed by atoms with van der Waals surface area (Å²) in [5.41, 5.74) is 0. The molecule has 0 unspecified atom stereocenters. The molecule has 0 amide bonds. The van der Waals surface area contributed by atoms with Gasteiger partial charge in [0.25, 0.3) is 0 Å². The Morgan fingerprint density at radius 1 is 1.18 bits per heavy atom. The van der Waals surface area contributed by atoms with E-state index in [1.807, 2.05) is 0 Å². The Bertz CT molecular complexity index is 380. The highest BCUT2D eigenvalue weighted by molar-refractivity contribution is 7.82. The van der Waals surface area contributed by atoms with E-state index in [0.29, 0.717) is 0 Å². The molecule has 0 bridgehead atoms. The lowest BCUT2D eigenvalue weighted by molar-refractivity contribution is 0.567. The second-order valence-electron chi connectivity index (χ2n) is 1.55. The molecule has 0 fully saturated rings. The van der Waals surface area contributed by atoms with E-state index in [4.69, 9.17) is 5.11 Å². The van der Waals surface area contributed by atoms with Gasteiger partial charge in [-0.05, 0) is 6.42 Å². The molecule has 64 valence electrons. The van der Waals surface area contributed by atoms with Crippen molar-refractivity contribution in [3.8, 4) is 0 Å². The van der Waals surface area contributed by atoms with Crippen LogP contribution in [0, 0.1) is 0 Å². The minimum atomic E-state index is -2.87. The number of aliphatic hydroxyl groups excluding tert-OH is 1. The number of aliphatic hydroxyl groups is 1. The third-order valence-corrected chi connectivity index (χ3v) is 2.49. The van der Waals surface area contributed by atoms with Crippen LogP contribution in [-0.2, 0) is 20.6 Å². The second-order valence-corrected chi connectivity index (χ2v) is 3.37. The molecule has 0 saturated carbocycles. The maximum absolute atomic E-state index is 10.2. The summed E-state index contributed by atoms with van der Waals surface area (Å²) in [6, 6.07) is 0. The molecule has 11 heavy (non-hydrogen) atoms. The first kappa shape index (κ1) is 10.3. The van der Waals surface area contributed by atoms with Gasteiger partial charge in [-0.25, -0.2) is 0 Å². The summed E-state index contributed by atoms with van der Waals surface area (Å²) in [7, 11) is -5.54. The summed E-state index contributed by atoms with van der Waals surface area (Å²) in [5, 5.41) is 7.52. The van der Waals surface area contributed by atoms with E-state index < -0.39 is 30.5 Å². The van der Waals surface area contributed by atoms with Crippen LogP contribution in [-0.4, -0.2) is 31.9 Å². The summed E-state index contributed by atoms with van der Waals surface area (Å²) in [6.07, 6.45) is -0.0457. The fraction of sp³-hybridized carbons (Fsp3) is 0.500. The van der Waals surface area contributed by atoms with Crippen LogP contribution in [0.15, 0.2) is 0 Å². The molecule has 0 aromatic rings. The summed E-state index contributed by atoms with van der Waals surface area (Å²) < 4.78 is 40.4. The lowest BCUT2D eigenvalue weighted by atomic mass is 10.4. The highest BCUT2D eigenvalue weighted by Gasteiger charge is 2.06. The summed E-state index contributed by atoms with van der Waals surface area (Å²) >= 11 is 0.